The highest BCUT2D eigenvalue weighted by molar-refractivity contribution is 5.33. The normalized spacial score (nSPS) is 34.0. The van der Waals surface area contributed by atoms with E-state index in [1.54, 1.807) is 0 Å². The van der Waals surface area contributed by atoms with Gasteiger partial charge in [0.1, 0.15) is 36.1 Å². The van der Waals surface area contributed by atoms with Gasteiger partial charge < -0.3 is 50.7 Å². The highest BCUT2D eigenvalue weighted by Crippen LogP contribution is 2.45. The lowest BCUT2D eigenvalue weighted by Gasteiger charge is -2.53. The van der Waals surface area contributed by atoms with Gasteiger partial charge in [0.15, 0.2) is 0 Å². The van der Waals surface area contributed by atoms with Gasteiger partial charge in [-0.15, -0.1) is 0 Å². The number of hydrogen-bond donors (Lipinski definition) is 9. The zero-order chi connectivity index (χ0) is 21.1. The fourth-order valence-electron chi connectivity index (χ4n) is 3.72. The van der Waals surface area contributed by atoms with Crippen LogP contribution >= 0.6 is 0 Å². The molecule has 9 N–H and O–H groups in total. The molecular weight excluding hydrogens is 376 g/mol. The summed E-state index contributed by atoms with van der Waals surface area (Å²) >= 11 is 0. The number of rotatable bonds is 8. The predicted octanol–water partition coefficient (Wildman–Crippen LogP) is -3.66. The zero-order valence-electron chi connectivity index (χ0n) is 15.1. The van der Waals surface area contributed by atoms with Crippen molar-refractivity contribution < 1.29 is 50.7 Å². The minimum atomic E-state index is -2.05. The molecule has 4 unspecified atom stereocenters. The van der Waals surface area contributed by atoms with Crippen molar-refractivity contribution in [3.63, 3.8) is 0 Å². The van der Waals surface area contributed by atoms with E-state index in [4.69, 9.17) is 4.74 Å². The van der Waals surface area contributed by atoms with E-state index in [1.807, 2.05) is 0 Å². The molecular formula is C18H28O10. The maximum Gasteiger partial charge on any atom is 0.130 e. The molecule has 0 aliphatic carbocycles. The Morgan fingerprint density at radius 2 is 1.61 bits per heavy atom. The van der Waals surface area contributed by atoms with Gasteiger partial charge >= 0.3 is 0 Å². The molecule has 1 aliphatic rings. The lowest BCUT2D eigenvalue weighted by molar-refractivity contribution is -0.308. The van der Waals surface area contributed by atoms with Crippen LogP contribution in [0.4, 0.5) is 0 Å². The molecule has 1 aromatic carbocycles. The van der Waals surface area contributed by atoms with Gasteiger partial charge in [-0.05, 0) is 11.1 Å². The second-order valence-corrected chi connectivity index (χ2v) is 6.92. The standard InChI is InChI=1S/C18H28O10/c19-5-11(13(24)7-21)18(10-3-1-2-9(4-10)12(23)6-20)17(27)16(26)15(25)14(8-22)28-18/h1-4,11-17,19-27H,5-8H2/t11?,12?,13?,14-,15-,16+,17-,18?/m1/s1. The van der Waals surface area contributed by atoms with E-state index < -0.39 is 74.6 Å². The van der Waals surface area contributed by atoms with E-state index in [0.29, 0.717) is 0 Å². The van der Waals surface area contributed by atoms with Crippen LogP contribution in [0.5, 0.6) is 0 Å². The average Bonchev–Trinajstić information content (AvgIpc) is 2.73. The predicted molar refractivity (Wildman–Crippen MR) is 93.8 cm³/mol. The lowest BCUT2D eigenvalue weighted by Crippen LogP contribution is -2.68. The van der Waals surface area contributed by atoms with Crippen LogP contribution in [-0.2, 0) is 10.3 Å². The molecule has 1 heterocycles. The third-order valence-corrected chi connectivity index (χ3v) is 5.31. The first-order valence-electron chi connectivity index (χ1n) is 8.90. The van der Waals surface area contributed by atoms with Crippen LogP contribution in [0.3, 0.4) is 0 Å². The molecule has 1 fully saturated rings. The largest absolute Gasteiger partial charge is 0.396 e. The van der Waals surface area contributed by atoms with E-state index in [0.717, 1.165) is 0 Å². The highest BCUT2D eigenvalue weighted by atomic mass is 16.6. The fourth-order valence-corrected chi connectivity index (χ4v) is 3.72. The summed E-state index contributed by atoms with van der Waals surface area (Å²) in [5.41, 5.74) is -1.72. The van der Waals surface area contributed by atoms with Gasteiger partial charge in [-0.3, -0.25) is 0 Å². The molecule has 10 heteroatoms. The van der Waals surface area contributed by atoms with Gasteiger partial charge in [-0.1, -0.05) is 24.3 Å². The Morgan fingerprint density at radius 3 is 2.14 bits per heavy atom. The molecule has 0 saturated carbocycles. The molecule has 10 nitrogen and oxygen atoms in total. The molecule has 8 atom stereocenters. The van der Waals surface area contributed by atoms with Crippen LogP contribution in [0.2, 0.25) is 0 Å². The Morgan fingerprint density at radius 1 is 0.929 bits per heavy atom. The first kappa shape index (κ1) is 23.1. The van der Waals surface area contributed by atoms with Crippen molar-refractivity contribution in [1.82, 2.24) is 0 Å². The molecule has 1 aromatic rings. The Kier molecular flexibility index (Phi) is 7.88. The molecule has 0 bridgehead atoms. The van der Waals surface area contributed by atoms with Crippen LogP contribution in [0, 0.1) is 5.92 Å². The van der Waals surface area contributed by atoms with Gasteiger partial charge in [0.05, 0.1) is 32.5 Å². The molecule has 2 rings (SSSR count). The number of aliphatic hydroxyl groups excluding tert-OH is 9. The Balaban J connectivity index is 2.69. The van der Waals surface area contributed by atoms with E-state index >= 15 is 0 Å². The van der Waals surface area contributed by atoms with E-state index in [2.05, 4.69) is 0 Å². The van der Waals surface area contributed by atoms with Crippen molar-refractivity contribution in [2.24, 2.45) is 5.92 Å². The van der Waals surface area contributed by atoms with Crippen LogP contribution in [0.25, 0.3) is 0 Å². The summed E-state index contributed by atoms with van der Waals surface area (Å²) in [4.78, 5) is 0. The van der Waals surface area contributed by atoms with Gasteiger partial charge in [-0.25, -0.2) is 0 Å². The Bertz CT molecular complexity index is 626. The second kappa shape index (κ2) is 9.55. The summed E-state index contributed by atoms with van der Waals surface area (Å²) in [6.07, 6.45) is -9.55. The number of benzene rings is 1. The smallest absolute Gasteiger partial charge is 0.130 e. The maximum atomic E-state index is 10.8. The van der Waals surface area contributed by atoms with Crippen molar-refractivity contribution >= 4 is 0 Å². The first-order valence-corrected chi connectivity index (χ1v) is 8.90. The van der Waals surface area contributed by atoms with Crippen LogP contribution in [0.1, 0.15) is 17.2 Å². The monoisotopic (exact) mass is 404 g/mol. The van der Waals surface area contributed by atoms with Crippen LogP contribution in [0.15, 0.2) is 24.3 Å². The van der Waals surface area contributed by atoms with Gasteiger partial charge in [0.25, 0.3) is 0 Å². The SMILES string of the molecule is OCC(O)c1cccc(C2(C(CO)C(O)CO)O[C@H](CO)[C@@H](O)[C@H](O)[C@H]2O)c1. The first-order chi connectivity index (χ1) is 13.3. The van der Waals surface area contributed by atoms with Gasteiger partial charge in [-0.2, -0.15) is 0 Å². The summed E-state index contributed by atoms with van der Waals surface area (Å²) < 4.78 is 5.76. The molecule has 160 valence electrons. The zero-order valence-corrected chi connectivity index (χ0v) is 15.1. The molecule has 1 saturated heterocycles. The van der Waals surface area contributed by atoms with E-state index in [9.17, 15) is 46.0 Å². The second-order valence-electron chi connectivity index (χ2n) is 6.92. The van der Waals surface area contributed by atoms with E-state index in [1.165, 1.54) is 24.3 Å². The fraction of sp³-hybridized carbons (Fsp3) is 0.667. The molecule has 0 spiro atoms. The van der Waals surface area contributed by atoms with Gasteiger partial charge in [0, 0.05) is 5.92 Å². The van der Waals surface area contributed by atoms with Crippen LogP contribution < -0.4 is 0 Å². The topological polar surface area (TPSA) is 191 Å². The van der Waals surface area contributed by atoms with Crippen molar-refractivity contribution in [3.05, 3.63) is 35.4 Å². The lowest BCUT2D eigenvalue weighted by atomic mass is 9.69. The third kappa shape index (κ3) is 3.94. The summed E-state index contributed by atoms with van der Waals surface area (Å²) in [5, 5.41) is 89.5. The van der Waals surface area contributed by atoms with Crippen molar-refractivity contribution in [2.45, 2.75) is 42.2 Å². The minimum Gasteiger partial charge on any atom is -0.396 e. The van der Waals surface area contributed by atoms with E-state index in [-0.39, 0.29) is 11.1 Å². The summed E-state index contributed by atoms with van der Waals surface area (Å²) in [7, 11) is 0. The Labute approximate surface area is 161 Å². The molecule has 0 radical (unpaired) electrons. The molecule has 0 amide bonds. The number of aliphatic hydroxyl groups is 9. The summed E-state index contributed by atoms with van der Waals surface area (Å²) in [6, 6.07) is 5.73. The van der Waals surface area contributed by atoms with Crippen molar-refractivity contribution in [1.29, 1.82) is 0 Å². The average molecular weight is 404 g/mol. The molecule has 28 heavy (non-hydrogen) atoms. The highest BCUT2D eigenvalue weighted by Gasteiger charge is 2.59. The number of hydrogen-bond acceptors (Lipinski definition) is 10. The van der Waals surface area contributed by atoms with Crippen molar-refractivity contribution in [3.8, 4) is 0 Å². The quantitative estimate of drug-likeness (QED) is 0.209. The molecule has 0 aromatic heterocycles. The van der Waals surface area contributed by atoms with Gasteiger partial charge in [0.2, 0.25) is 0 Å². The molecule has 1 aliphatic heterocycles. The third-order valence-electron chi connectivity index (χ3n) is 5.31. The Hall–Kier alpha value is -1.18. The van der Waals surface area contributed by atoms with Crippen LogP contribution in [-0.4, -0.2) is 103 Å². The summed E-state index contributed by atoms with van der Waals surface area (Å²) in [6.45, 7) is -2.92. The summed E-state index contributed by atoms with van der Waals surface area (Å²) in [5.74, 6) is -1.37. The van der Waals surface area contributed by atoms with Crippen molar-refractivity contribution in [2.75, 3.05) is 26.4 Å². The maximum absolute atomic E-state index is 10.8. The number of ether oxygens (including phenoxy) is 1. The minimum absolute atomic E-state index is 0.0981.